The molecule has 8 nitrogen and oxygen atoms in total. The Kier molecular flexibility index (Phi) is 11.0. The van der Waals surface area contributed by atoms with Crippen LogP contribution in [0.2, 0.25) is 5.02 Å². The molecule has 0 saturated carbocycles. The van der Waals surface area contributed by atoms with Crippen molar-refractivity contribution >= 4 is 55.1 Å². The first-order valence-electron chi connectivity index (χ1n) is 12.6. The maximum absolute atomic E-state index is 14.0. The maximum atomic E-state index is 14.0. The third-order valence-electron chi connectivity index (χ3n) is 6.07. The molecule has 0 bridgehead atoms. The second-order valence-electron chi connectivity index (χ2n) is 9.61. The predicted octanol–water partition coefficient (Wildman–Crippen LogP) is 5.04. The smallest absolute Gasteiger partial charge is 0.244 e. The second-order valence-corrected chi connectivity index (χ2v) is 12.8. The molecule has 0 radical (unpaired) electrons. The average molecular weight is 651 g/mol. The number of rotatable bonds is 12. The molecule has 3 aromatic rings. The number of nitrogens with one attached hydrogen (secondary N) is 1. The van der Waals surface area contributed by atoms with Gasteiger partial charge in [0.25, 0.3) is 0 Å². The quantitative estimate of drug-likeness (QED) is 0.296. The molecule has 0 saturated heterocycles. The molecule has 2 amide bonds. The Morgan fingerprint density at radius 3 is 2.20 bits per heavy atom. The average Bonchev–Trinajstić information content (AvgIpc) is 2.89. The molecule has 0 heterocycles. The summed E-state index contributed by atoms with van der Waals surface area (Å²) in [7, 11) is -2.45. The van der Waals surface area contributed by atoms with Gasteiger partial charge in [0, 0.05) is 23.5 Å². The molecular weight excluding hydrogens is 618 g/mol. The van der Waals surface area contributed by atoms with Crippen LogP contribution in [-0.4, -0.2) is 57.1 Å². The normalized spacial score (nSPS) is 12.1. The number of sulfonamides is 1. The van der Waals surface area contributed by atoms with E-state index in [0.29, 0.717) is 5.75 Å². The van der Waals surface area contributed by atoms with Crippen molar-refractivity contribution in [2.24, 2.45) is 0 Å². The lowest BCUT2D eigenvalue weighted by Crippen LogP contribution is -2.54. The molecule has 0 aliphatic carbocycles. The van der Waals surface area contributed by atoms with Crippen LogP contribution >= 0.6 is 27.5 Å². The summed E-state index contributed by atoms with van der Waals surface area (Å²) >= 11 is 9.70. The van der Waals surface area contributed by atoms with E-state index in [1.165, 1.54) is 30.2 Å². The summed E-state index contributed by atoms with van der Waals surface area (Å²) < 4.78 is 32.8. The minimum atomic E-state index is -3.91. The van der Waals surface area contributed by atoms with Gasteiger partial charge in [0.05, 0.1) is 24.1 Å². The lowest BCUT2D eigenvalue weighted by molar-refractivity contribution is -0.140. The molecule has 0 aliphatic rings. The number of methoxy groups -OCH3 is 1. The van der Waals surface area contributed by atoms with Crippen molar-refractivity contribution in [2.45, 2.75) is 38.9 Å². The van der Waals surface area contributed by atoms with Crippen molar-refractivity contribution in [3.8, 4) is 5.75 Å². The van der Waals surface area contributed by atoms with Gasteiger partial charge in [-0.05, 0) is 55.3 Å². The lowest BCUT2D eigenvalue weighted by Gasteiger charge is -2.34. The summed E-state index contributed by atoms with van der Waals surface area (Å²) in [5.41, 5.74) is 1.85. The van der Waals surface area contributed by atoms with Gasteiger partial charge in [0.15, 0.2) is 0 Å². The number of anilines is 1. The molecular formula is C29H33BrClN3O5S. The largest absolute Gasteiger partial charge is 0.495 e. The number of ether oxygens (including phenoxy) is 1. The minimum absolute atomic E-state index is 0.0934. The number of carbonyl (C=O) groups excluding carboxylic acids is 2. The van der Waals surface area contributed by atoms with Gasteiger partial charge in [-0.25, -0.2) is 8.42 Å². The number of hydrogen-bond donors (Lipinski definition) is 1. The van der Waals surface area contributed by atoms with Crippen LogP contribution in [0.1, 0.15) is 25.0 Å². The Morgan fingerprint density at radius 1 is 1.00 bits per heavy atom. The number of hydrogen-bond acceptors (Lipinski definition) is 5. The SMILES string of the molecule is COc1ccc(N(CC(=O)N(Cc2ccc(Br)cc2)[C@H](Cc2ccccc2)C(=O)NC(C)C)S(C)(=O)=O)cc1Cl. The van der Waals surface area contributed by atoms with Crippen LogP contribution in [0.4, 0.5) is 5.69 Å². The lowest BCUT2D eigenvalue weighted by atomic mass is 10.0. The van der Waals surface area contributed by atoms with Crippen LogP contribution in [0.15, 0.2) is 77.3 Å². The molecule has 3 rings (SSSR count). The van der Waals surface area contributed by atoms with Gasteiger partial charge in [0.1, 0.15) is 18.3 Å². The van der Waals surface area contributed by atoms with Crippen molar-refractivity contribution in [3.05, 3.63) is 93.4 Å². The molecule has 0 spiro atoms. The highest BCUT2D eigenvalue weighted by atomic mass is 79.9. The summed E-state index contributed by atoms with van der Waals surface area (Å²) in [5, 5.41) is 3.13. The topological polar surface area (TPSA) is 96.0 Å². The fraction of sp³-hybridized carbons (Fsp3) is 0.310. The van der Waals surface area contributed by atoms with Crippen LogP contribution < -0.4 is 14.4 Å². The summed E-state index contributed by atoms with van der Waals surface area (Å²) in [6, 6.07) is 20.2. The zero-order valence-electron chi connectivity index (χ0n) is 22.8. The van der Waals surface area contributed by atoms with Gasteiger partial charge in [-0.15, -0.1) is 0 Å². The Bertz CT molecular complexity index is 1420. The summed E-state index contributed by atoms with van der Waals surface area (Å²) in [6.07, 6.45) is 1.26. The van der Waals surface area contributed by atoms with Crippen LogP contribution in [0.5, 0.6) is 5.75 Å². The third-order valence-corrected chi connectivity index (χ3v) is 8.04. The molecule has 40 heavy (non-hydrogen) atoms. The molecule has 1 N–H and O–H groups in total. The van der Waals surface area contributed by atoms with E-state index in [-0.39, 0.29) is 35.6 Å². The molecule has 0 aliphatic heterocycles. The molecule has 0 fully saturated rings. The van der Waals surface area contributed by atoms with E-state index in [1.807, 2.05) is 68.4 Å². The van der Waals surface area contributed by atoms with Crippen molar-refractivity contribution in [2.75, 3.05) is 24.2 Å². The molecule has 11 heteroatoms. The maximum Gasteiger partial charge on any atom is 0.244 e. The van der Waals surface area contributed by atoms with E-state index in [1.54, 1.807) is 0 Å². The molecule has 0 aromatic heterocycles. The molecule has 1 atom stereocenters. The van der Waals surface area contributed by atoms with Crippen LogP contribution in [0, 0.1) is 0 Å². The fourth-order valence-electron chi connectivity index (χ4n) is 4.15. The van der Waals surface area contributed by atoms with E-state index in [9.17, 15) is 18.0 Å². The van der Waals surface area contributed by atoms with Gasteiger partial charge in [-0.3, -0.25) is 13.9 Å². The predicted molar refractivity (Wildman–Crippen MR) is 162 cm³/mol. The zero-order valence-corrected chi connectivity index (χ0v) is 26.0. The first kappa shape index (κ1) is 31.4. The van der Waals surface area contributed by atoms with Gasteiger partial charge < -0.3 is 15.0 Å². The van der Waals surface area contributed by atoms with Gasteiger partial charge in [0.2, 0.25) is 21.8 Å². The number of nitrogens with zero attached hydrogens (tertiary/aromatic N) is 2. The van der Waals surface area contributed by atoms with Crippen molar-refractivity contribution in [1.82, 2.24) is 10.2 Å². The van der Waals surface area contributed by atoms with Gasteiger partial charge in [-0.2, -0.15) is 0 Å². The molecule has 3 aromatic carbocycles. The highest BCUT2D eigenvalue weighted by molar-refractivity contribution is 9.10. The van der Waals surface area contributed by atoms with Crippen LogP contribution in [0.3, 0.4) is 0 Å². The zero-order chi connectivity index (χ0) is 29.4. The standard InChI is InChI=1S/C29H33BrClN3O5S/c1-20(2)32-29(36)26(16-21-8-6-5-7-9-21)33(18-22-10-12-23(30)13-11-22)28(35)19-34(40(4,37)38)24-14-15-27(39-3)25(31)17-24/h5-15,17,20,26H,16,18-19H2,1-4H3,(H,32,36)/t26-/m1/s1. The van der Waals surface area contributed by atoms with E-state index in [2.05, 4.69) is 21.2 Å². The first-order chi connectivity index (χ1) is 18.9. The van der Waals surface area contributed by atoms with E-state index in [0.717, 1.165) is 26.2 Å². The Labute approximate surface area is 249 Å². The third kappa shape index (κ3) is 8.71. The summed E-state index contributed by atoms with van der Waals surface area (Å²) in [5.74, 6) is -0.502. The Balaban J connectivity index is 2.06. The number of carbonyl (C=O) groups is 2. The number of benzene rings is 3. The van der Waals surface area contributed by atoms with Gasteiger partial charge in [-0.1, -0.05) is 70.0 Å². The molecule has 0 unspecified atom stereocenters. The Morgan fingerprint density at radius 2 is 1.65 bits per heavy atom. The van der Waals surface area contributed by atoms with Crippen molar-refractivity contribution in [1.29, 1.82) is 0 Å². The Hall–Kier alpha value is -3.08. The fourth-order valence-corrected chi connectivity index (χ4v) is 5.50. The highest BCUT2D eigenvalue weighted by Gasteiger charge is 2.33. The van der Waals surface area contributed by atoms with Crippen molar-refractivity contribution in [3.63, 3.8) is 0 Å². The number of halogens is 2. The van der Waals surface area contributed by atoms with E-state index in [4.69, 9.17) is 16.3 Å². The minimum Gasteiger partial charge on any atom is -0.495 e. The summed E-state index contributed by atoms with van der Waals surface area (Å²) in [4.78, 5) is 29.0. The van der Waals surface area contributed by atoms with E-state index < -0.39 is 28.5 Å². The monoisotopic (exact) mass is 649 g/mol. The second kappa shape index (κ2) is 14.0. The van der Waals surface area contributed by atoms with Crippen LogP contribution in [0.25, 0.3) is 0 Å². The van der Waals surface area contributed by atoms with Gasteiger partial charge >= 0.3 is 0 Å². The summed E-state index contributed by atoms with van der Waals surface area (Å²) in [6.45, 7) is 3.25. The highest BCUT2D eigenvalue weighted by Crippen LogP contribution is 2.30. The first-order valence-corrected chi connectivity index (χ1v) is 15.6. The van der Waals surface area contributed by atoms with Crippen molar-refractivity contribution < 1.29 is 22.7 Å². The number of amides is 2. The van der Waals surface area contributed by atoms with E-state index >= 15 is 0 Å². The van der Waals surface area contributed by atoms with Crippen LogP contribution in [-0.2, 0) is 32.6 Å². The molecule has 214 valence electrons.